The van der Waals surface area contributed by atoms with Gasteiger partial charge in [0.1, 0.15) is 4.90 Å². The third-order valence-corrected chi connectivity index (χ3v) is 6.06. The Morgan fingerprint density at radius 3 is 2.70 bits per heavy atom. The van der Waals surface area contributed by atoms with Gasteiger partial charge in [0, 0.05) is 11.0 Å². The second-order valence-corrected chi connectivity index (χ2v) is 8.52. The number of hydrogen-bond acceptors (Lipinski definition) is 3. The van der Waals surface area contributed by atoms with Crippen LogP contribution in [0.5, 0.6) is 0 Å². The fraction of sp³-hybridized carbons (Fsp3) is 0.538. The average Bonchev–Trinajstić information content (AvgIpc) is 2.40. The van der Waals surface area contributed by atoms with Crippen LogP contribution in [0.1, 0.15) is 19.8 Å². The number of sulfonamides is 1. The molecule has 1 aromatic carbocycles. The van der Waals surface area contributed by atoms with E-state index in [0.717, 1.165) is 25.9 Å². The first-order chi connectivity index (χ1) is 9.32. The van der Waals surface area contributed by atoms with Crippen LogP contribution in [0.3, 0.4) is 0 Å². The summed E-state index contributed by atoms with van der Waals surface area (Å²) in [6, 6.07) is 4.82. The standard InChI is InChI=1S/C13H18BrClN2O2S/c1-13(4-6-16-7-5-13)9-17-20(18,19)12-8-10(14)2-3-11(12)15/h2-3,8,16-17H,4-7,9H2,1H3. The Kier molecular flexibility index (Phi) is 5.13. The van der Waals surface area contributed by atoms with Gasteiger partial charge in [0.2, 0.25) is 10.0 Å². The predicted octanol–water partition coefficient (Wildman–Crippen LogP) is 2.77. The van der Waals surface area contributed by atoms with Crippen LogP contribution in [-0.4, -0.2) is 28.1 Å². The Bertz CT molecular complexity index is 586. The molecule has 2 rings (SSSR count). The Morgan fingerprint density at radius 2 is 2.05 bits per heavy atom. The fourth-order valence-corrected chi connectivity index (χ4v) is 4.47. The van der Waals surface area contributed by atoms with E-state index in [4.69, 9.17) is 11.6 Å². The maximum Gasteiger partial charge on any atom is 0.242 e. The van der Waals surface area contributed by atoms with Gasteiger partial charge >= 0.3 is 0 Å². The summed E-state index contributed by atoms with van der Waals surface area (Å²) in [5.74, 6) is 0. The van der Waals surface area contributed by atoms with Gasteiger partial charge in [0.05, 0.1) is 5.02 Å². The summed E-state index contributed by atoms with van der Waals surface area (Å²) in [6.45, 7) is 4.39. The molecule has 0 bridgehead atoms. The number of hydrogen-bond donors (Lipinski definition) is 2. The first-order valence-electron chi connectivity index (χ1n) is 6.48. The van der Waals surface area contributed by atoms with E-state index < -0.39 is 10.0 Å². The molecule has 1 aliphatic heterocycles. The maximum atomic E-state index is 12.4. The molecule has 2 N–H and O–H groups in total. The SMILES string of the molecule is CC1(CNS(=O)(=O)c2cc(Br)ccc2Cl)CCNCC1. The quantitative estimate of drug-likeness (QED) is 0.843. The van der Waals surface area contributed by atoms with Crippen LogP contribution in [0.15, 0.2) is 27.6 Å². The van der Waals surface area contributed by atoms with Crippen LogP contribution in [0.25, 0.3) is 0 Å². The largest absolute Gasteiger partial charge is 0.317 e. The molecule has 1 fully saturated rings. The molecule has 0 amide bonds. The van der Waals surface area contributed by atoms with Crippen LogP contribution in [-0.2, 0) is 10.0 Å². The highest BCUT2D eigenvalue weighted by molar-refractivity contribution is 9.10. The lowest BCUT2D eigenvalue weighted by Crippen LogP contribution is -2.42. The lowest BCUT2D eigenvalue weighted by atomic mass is 9.81. The van der Waals surface area contributed by atoms with Crippen molar-refractivity contribution >= 4 is 37.6 Å². The highest BCUT2D eigenvalue weighted by atomic mass is 79.9. The van der Waals surface area contributed by atoms with Gasteiger partial charge in [-0.2, -0.15) is 0 Å². The molecule has 0 spiro atoms. The molecule has 112 valence electrons. The minimum atomic E-state index is -3.58. The van der Waals surface area contributed by atoms with Crippen molar-refractivity contribution in [2.24, 2.45) is 5.41 Å². The van der Waals surface area contributed by atoms with Gasteiger partial charge in [-0.1, -0.05) is 34.5 Å². The zero-order chi connectivity index (χ0) is 14.8. The third-order valence-electron chi connectivity index (χ3n) is 3.68. The highest BCUT2D eigenvalue weighted by Gasteiger charge is 2.29. The van der Waals surface area contributed by atoms with E-state index in [9.17, 15) is 8.42 Å². The second-order valence-electron chi connectivity index (χ2n) is 5.46. The van der Waals surface area contributed by atoms with Gasteiger partial charge in [-0.05, 0) is 49.5 Å². The minimum absolute atomic E-state index is 0.00317. The molecule has 7 heteroatoms. The van der Waals surface area contributed by atoms with Crippen molar-refractivity contribution in [3.8, 4) is 0 Å². The van der Waals surface area contributed by atoms with Crippen molar-refractivity contribution < 1.29 is 8.42 Å². The summed E-state index contributed by atoms with van der Waals surface area (Å²) in [7, 11) is -3.58. The second kappa shape index (κ2) is 6.32. The molecule has 0 atom stereocenters. The van der Waals surface area contributed by atoms with Crippen molar-refractivity contribution in [1.82, 2.24) is 10.0 Å². The molecular formula is C13H18BrClN2O2S. The number of nitrogens with one attached hydrogen (secondary N) is 2. The van der Waals surface area contributed by atoms with Crippen LogP contribution < -0.4 is 10.0 Å². The average molecular weight is 382 g/mol. The molecular weight excluding hydrogens is 364 g/mol. The maximum absolute atomic E-state index is 12.4. The van der Waals surface area contributed by atoms with E-state index >= 15 is 0 Å². The molecule has 4 nitrogen and oxygen atoms in total. The molecule has 0 unspecified atom stereocenters. The van der Waals surface area contributed by atoms with Gasteiger partial charge in [0.15, 0.2) is 0 Å². The molecule has 0 aromatic heterocycles. The fourth-order valence-electron chi connectivity index (χ4n) is 2.24. The first-order valence-corrected chi connectivity index (χ1v) is 9.13. The molecule has 20 heavy (non-hydrogen) atoms. The Balaban J connectivity index is 2.13. The normalized spacial score (nSPS) is 18.9. The topological polar surface area (TPSA) is 58.2 Å². The Hall–Kier alpha value is -0.140. The number of halogens is 2. The van der Waals surface area contributed by atoms with Crippen LogP contribution >= 0.6 is 27.5 Å². The van der Waals surface area contributed by atoms with Crippen molar-refractivity contribution in [3.05, 3.63) is 27.7 Å². The van der Waals surface area contributed by atoms with Gasteiger partial charge in [-0.25, -0.2) is 13.1 Å². The first kappa shape index (κ1) is 16.2. The molecule has 1 aromatic rings. The van der Waals surface area contributed by atoms with E-state index in [-0.39, 0.29) is 15.3 Å². The van der Waals surface area contributed by atoms with E-state index in [2.05, 4.69) is 32.9 Å². The van der Waals surface area contributed by atoms with Crippen LogP contribution in [0.2, 0.25) is 5.02 Å². The molecule has 1 heterocycles. The molecule has 0 aliphatic carbocycles. The third kappa shape index (κ3) is 3.95. The van der Waals surface area contributed by atoms with Crippen LogP contribution in [0, 0.1) is 5.41 Å². The monoisotopic (exact) mass is 380 g/mol. The lowest BCUT2D eigenvalue weighted by molar-refractivity contribution is 0.232. The summed E-state index contributed by atoms with van der Waals surface area (Å²) in [4.78, 5) is 0.117. The molecule has 0 radical (unpaired) electrons. The van der Waals surface area contributed by atoms with Crippen LogP contribution in [0.4, 0.5) is 0 Å². The zero-order valence-corrected chi connectivity index (χ0v) is 14.4. The summed E-state index contributed by atoms with van der Waals surface area (Å²) in [5.41, 5.74) is -0.00317. The lowest BCUT2D eigenvalue weighted by Gasteiger charge is -2.34. The highest BCUT2D eigenvalue weighted by Crippen LogP contribution is 2.29. The van der Waals surface area contributed by atoms with Gasteiger partial charge in [-0.15, -0.1) is 0 Å². The predicted molar refractivity (Wildman–Crippen MR) is 84.6 cm³/mol. The minimum Gasteiger partial charge on any atom is -0.317 e. The van der Waals surface area contributed by atoms with E-state index in [1.165, 1.54) is 6.07 Å². The smallest absolute Gasteiger partial charge is 0.242 e. The summed E-state index contributed by atoms with van der Waals surface area (Å²) in [6.07, 6.45) is 1.92. The van der Waals surface area contributed by atoms with Gasteiger partial charge in [0.25, 0.3) is 0 Å². The Morgan fingerprint density at radius 1 is 1.40 bits per heavy atom. The van der Waals surface area contributed by atoms with Gasteiger partial charge in [-0.3, -0.25) is 0 Å². The number of rotatable bonds is 4. The van der Waals surface area contributed by atoms with Crippen molar-refractivity contribution in [3.63, 3.8) is 0 Å². The molecule has 1 aliphatic rings. The molecule has 0 saturated carbocycles. The van der Waals surface area contributed by atoms with Crippen molar-refractivity contribution in [2.75, 3.05) is 19.6 Å². The summed E-state index contributed by atoms with van der Waals surface area (Å²) in [5, 5.41) is 3.51. The number of piperidine rings is 1. The summed E-state index contributed by atoms with van der Waals surface area (Å²) >= 11 is 9.25. The molecule has 1 saturated heterocycles. The van der Waals surface area contributed by atoms with E-state index in [1.54, 1.807) is 12.1 Å². The zero-order valence-electron chi connectivity index (χ0n) is 11.2. The van der Waals surface area contributed by atoms with Crippen molar-refractivity contribution in [1.29, 1.82) is 0 Å². The summed E-state index contributed by atoms with van der Waals surface area (Å²) < 4.78 is 28.1. The van der Waals surface area contributed by atoms with Crippen molar-refractivity contribution in [2.45, 2.75) is 24.7 Å². The van der Waals surface area contributed by atoms with E-state index in [1.807, 2.05) is 0 Å². The number of benzene rings is 1. The Labute approximate surface area is 133 Å². The van der Waals surface area contributed by atoms with E-state index in [0.29, 0.717) is 11.0 Å². The van der Waals surface area contributed by atoms with Gasteiger partial charge < -0.3 is 5.32 Å².